The Morgan fingerprint density at radius 1 is 1.64 bits per heavy atom. The zero-order valence-electron chi connectivity index (χ0n) is 12.8. The molecular weight excluding hydrogens is 308 g/mol. The maximum Gasteiger partial charge on any atom is 0.255 e. The Bertz CT molecular complexity index is 518. The molecule has 1 fully saturated rings. The van der Waals surface area contributed by atoms with Crippen LogP contribution in [0.1, 0.15) is 30.6 Å². The normalized spacial score (nSPS) is 17.8. The molecule has 122 valence electrons. The van der Waals surface area contributed by atoms with Crippen molar-refractivity contribution < 1.29 is 19.4 Å². The first-order chi connectivity index (χ1) is 10.5. The summed E-state index contributed by atoms with van der Waals surface area (Å²) in [7, 11) is 0. The van der Waals surface area contributed by atoms with Crippen LogP contribution < -0.4 is 4.74 Å². The fourth-order valence-corrected chi connectivity index (χ4v) is 2.47. The number of aromatic nitrogens is 1. The van der Waals surface area contributed by atoms with Gasteiger partial charge in [-0.3, -0.25) is 4.79 Å². The predicted molar refractivity (Wildman–Crippen MR) is 82.4 cm³/mol. The third-order valence-corrected chi connectivity index (χ3v) is 3.72. The lowest BCUT2D eigenvalue weighted by molar-refractivity contribution is 0.0664. The number of aliphatic hydroxyl groups excluding tert-OH is 1. The van der Waals surface area contributed by atoms with Gasteiger partial charge in [-0.2, -0.15) is 0 Å². The van der Waals surface area contributed by atoms with E-state index in [1.54, 1.807) is 11.0 Å². The van der Waals surface area contributed by atoms with Gasteiger partial charge in [0.25, 0.3) is 5.91 Å². The molecule has 6 nitrogen and oxygen atoms in total. The van der Waals surface area contributed by atoms with E-state index in [9.17, 15) is 4.79 Å². The third kappa shape index (κ3) is 4.09. The summed E-state index contributed by atoms with van der Waals surface area (Å²) in [5, 5.41) is 9.37. The molecule has 1 atom stereocenters. The second-order valence-electron chi connectivity index (χ2n) is 5.43. The average molecular weight is 329 g/mol. The lowest BCUT2D eigenvalue weighted by atomic mass is 10.2. The van der Waals surface area contributed by atoms with Crippen LogP contribution in [-0.2, 0) is 4.74 Å². The van der Waals surface area contributed by atoms with Gasteiger partial charge in [0.1, 0.15) is 11.1 Å². The molecule has 0 aromatic carbocycles. The molecule has 0 aliphatic carbocycles. The molecule has 1 saturated heterocycles. The van der Waals surface area contributed by atoms with E-state index in [-0.39, 0.29) is 31.2 Å². The number of amides is 1. The summed E-state index contributed by atoms with van der Waals surface area (Å²) in [4.78, 5) is 18.2. The minimum Gasteiger partial charge on any atom is -0.471 e. The van der Waals surface area contributed by atoms with E-state index >= 15 is 0 Å². The Morgan fingerprint density at radius 2 is 2.41 bits per heavy atom. The van der Waals surface area contributed by atoms with Crippen LogP contribution in [0.25, 0.3) is 0 Å². The van der Waals surface area contributed by atoms with Crippen molar-refractivity contribution in [1.29, 1.82) is 0 Å². The molecular formula is C15H21ClN2O4. The van der Waals surface area contributed by atoms with Crippen LogP contribution in [0.5, 0.6) is 5.88 Å². The van der Waals surface area contributed by atoms with E-state index in [1.165, 1.54) is 6.20 Å². The molecule has 1 unspecified atom stereocenters. The molecule has 1 aromatic rings. The van der Waals surface area contributed by atoms with Crippen molar-refractivity contribution in [2.45, 2.75) is 32.4 Å². The van der Waals surface area contributed by atoms with Gasteiger partial charge in [0.15, 0.2) is 0 Å². The fraction of sp³-hybridized carbons (Fsp3) is 0.600. The number of rotatable bonds is 6. The van der Waals surface area contributed by atoms with Gasteiger partial charge in [-0.15, -0.1) is 0 Å². The van der Waals surface area contributed by atoms with Crippen LogP contribution in [0.3, 0.4) is 0 Å². The smallest absolute Gasteiger partial charge is 0.255 e. The quantitative estimate of drug-likeness (QED) is 0.861. The number of halogens is 1. The summed E-state index contributed by atoms with van der Waals surface area (Å²) < 4.78 is 10.9. The number of ether oxygens (including phenoxy) is 2. The van der Waals surface area contributed by atoms with Gasteiger partial charge in [0.05, 0.1) is 25.4 Å². The molecule has 2 heterocycles. The van der Waals surface area contributed by atoms with Crippen molar-refractivity contribution >= 4 is 17.5 Å². The second kappa shape index (κ2) is 7.76. The van der Waals surface area contributed by atoms with Gasteiger partial charge in [0, 0.05) is 25.2 Å². The van der Waals surface area contributed by atoms with Crippen molar-refractivity contribution in [2.75, 3.05) is 26.4 Å². The SMILES string of the molecule is CC(C)N(CCO)C(=O)c1cnc(OC2CCOC2)c(Cl)c1. The highest BCUT2D eigenvalue weighted by Crippen LogP contribution is 2.25. The van der Waals surface area contributed by atoms with E-state index in [1.807, 2.05) is 13.8 Å². The zero-order chi connectivity index (χ0) is 16.1. The van der Waals surface area contributed by atoms with Gasteiger partial charge in [0.2, 0.25) is 5.88 Å². The molecule has 1 aromatic heterocycles. The van der Waals surface area contributed by atoms with E-state index in [2.05, 4.69) is 4.98 Å². The van der Waals surface area contributed by atoms with Gasteiger partial charge in [-0.25, -0.2) is 4.98 Å². The molecule has 0 bridgehead atoms. The zero-order valence-corrected chi connectivity index (χ0v) is 13.5. The first-order valence-electron chi connectivity index (χ1n) is 7.34. The van der Waals surface area contributed by atoms with Crippen LogP contribution in [0, 0.1) is 0 Å². The molecule has 2 rings (SSSR count). The summed E-state index contributed by atoms with van der Waals surface area (Å²) in [6.07, 6.45) is 2.20. The van der Waals surface area contributed by atoms with Gasteiger partial charge >= 0.3 is 0 Å². The minimum atomic E-state index is -0.214. The summed E-state index contributed by atoms with van der Waals surface area (Å²) in [5.41, 5.74) is 0.377. The van der Waals surface area contributed by atoms with Crippen LogP contribution in [-0.4, -0.2) is 59.4 Å². The highest BCUT2D eigenvalue weighted by atomic mass is 35.5. The highest BCUT2D eigenvalue weighted by Gasteiger charge is 2.22. The Labute approximate surface area is 135 Å². The molecule has 22 heavy (non-hydrogen) atoms. The number of carbonyl (C=O) groups excluding carboxylic acids is 1. The highest BCUT2D eigenvalue weighted by molar-refractivity contribution is 6.32. The number of hydrogen-bond donors (Lipinski definition) is 1. The van der Waals surface area contributed by atoms with E-state index in [0.29, 0.717) is 29.7 Å². The van der Waals surface area contributed by atoms with E-state index < -0.39 is 0 Å². The predicted octanol–water partition coefficient (Wildman–Crippen LogP) is 1.75. The first-order valence-corrected chi connectivity index (χ1v) is 7.72. The molecule has 0 spiro atoms. The number of pyridine rings is 1. The standard InChI is InChI=1S/C15H21ClN2O4/c1-10(2)18(4-5-19)15(20)11-7-13(16)14(17-8-11)22-12-3-6-21-9-12/h7-8,10,12,19H,3-6,9H2,1-2H3. The fourth-order valence-electron chi connectivity index (χ4n) is 2.26. The lowest BCUT2D eigenvalue weighted by Crippen LogP contribution is -2.39. The summed E-state index contributed by atoms with van der Waals surface area (Å²) in [6.45, 7) is 5.15. The van der Waals surface area contributed by atoms with E-state index in [4.69, 9.17) is 26.2 Å². The summed E-state index contributed by atoms with van der Waals surface area (Å²) >= 11 is 6.16. The van der Waals surface area contributed by atoms with Crippen molar-refractivity contribution in [3.05, 3.63) is 22.8 Å². The van der Waals surface area contributed by atoms with E-state index in [0.717, 1.165) is 6.42 Å². The van der Waals surface area contributed by atoms with Gasteiger partial charge in [-0.1, -0.05) is 11.6 Å². The Morgan fingerprint density at radius 3 is 2.95 bits per heavy atom. The largest absolute Gasteiger partial charge is 0.471 e. The molecule has 7 heteroatoms. The lowest BCUT2D eigenvalue weighted by Gasteiger charge is -2.26. The van der Waals surface area contributed by atoms with Crippen molar-refractivity contribution in [3.63, 3.8) is 0 Å². The first kappa shape index (κ1) is 17.0. The van der Waals surface area contributed by atoms with Crippen LogP contribution >= 0.6 is 11.6 Å². The molecule has 1 aliphatic rings. The maximum atomic E-state index is 12.4. The van der Waals surface area contributed by atoms with Gasteiger partial charge < -0.3 is 19.5 Å². The van der Waals surface area contributed by atoms with Gasteiger partial charge in [-0.05, 0) is 19.9 Å². The Hall–Kier alpha value is -1.37. The van der Waals surface area contributed by atoms with Crippen molar-refractivity contribution in [3.8, 4) is 5.88 Å². The maximum absolute atomic E-state index is 12.4. The molecule has 0 radical (unpaired) electrons. The van der Waals surface area contributed by atoms with Crippen LogP contribution in [0.15, 0.2) is 12.3 Å². The van der Waals surface area contributed by atoms with Crippen molar-refractivity contribution in [1.82, 2.24) is 9.88 Å². The summed E-state index contributed by atoms with van der Waals surface area (Å²) in [5.74, 6) is 0.0983. The topological polar surface area (TPSA) is 71.9 Å². The number of nitrogens with zero attached hydrogens (tertiary/aromatic N) is 2. The average Bonchev–Trinajstić information content (AvgIpc) is 2.99. The molecule has 1 N–H and O–H groups in total. The van der Waals surface area contributed by atoms with Crippen LogP contribution in [0.4, 0.5) is 0 Å². The Kier molecular flexibility index (Phi) is 5.99. The van der Waals surface area contributed by atoms with Crippen molar-refractivity contribution in [2.24, 2.45) is 0 Å². The summed E-state index contributed by atoms with van der Waals surface area (Å²) in [6, 6.07) is 1.53. The molecule has 1 amide bonds. The molecule has 0 saturated carbocycles. The number of carbonyl (C=O) groups is 1. The number of aliphatic hydroxyl groups is 1. The second-order valence-corrected chi connectivity index (χ2v) is 5.84. The Balaban J connectivity index is 2.11. The van der Waals surface area contributed by atoms with Crippen LogP contribution in [0.2, 0.25) is 5.02 Å². The minimum absolute atomic E-state index is 0.0232. The third-order valence-electron chi connectivity index (χ3n) is 3.45. The monoisotopic (exact) mass is 328 g/mol. The number of hydrogen-bond acceptors (Lipinski definition) is 5. The molecule has 1 aliphatic heterocycles.